The van der Waals surface area contributed by atoms with E-state index in [0.29, 0.717) is 11.1 Å². The van der Waals surface area contributed by atoms with Crippen LogP contribution in [0.4, 0.5) is 34.1 Å². The van der Waals surface area contributed by atoms with Crippen molar-refractivity contribution < 1.29 is 9.47 Å². The number of aromatic nitrogens is 2. The molecule has 1 aromatic heterocycles. The molecule has 3 heterocycles. The van der Waals surface area contributed by atoms with Crippen LogP contribution >= 0.6 is 0 Å². The average molecular weight is 945 g/mol. The lowest BCUT2D eigenvalue weighted by atomic mass is 9.92. The summed E-state index contributed by atoms with van der Waals surface area (Å²) in [5.74, 6) is 3.13. The topological polar surface area (TPSA) is 98.3 Å². The molecule has 0 radical (unpaired) electrons. The van der Waals surface area contributed by atoms with Gasteiger partial charge in [0.1, 0.15) is 0 Å². The van der Waals surface area contributed by atoms with Crippen molar-refractivity contribution in [3.05, 3.63) is 230 Å². The summed E-state index contributed by atoms with van der Waals surface area (Å²) in [5, 5.41) is 27.2. The van der Waals surface area contributed by atoms with Crippen molar-refractivity contribution in [2.24, 2.45) is 0 Å². The van der Waals surface area contributed by atoms with Gasteiger partial charge in [0, 0.05) is 32.9 Å². The molecule has 2 aliphatic rings. The smallest absolute Gasteiger partial charge is 0.151 e. The molecule has 8 heteroatoms. The predicted octanol–water partition coefficient (Wildman–Crippen LogP) is 17.6. The molecule has 2 aliphatic heterocycles. The summed E-state index contributed by atoms with van der Waals surface area (Å²) in [6, 6.07) is 79.1. The number of fused-ring (bicyclic) bond motifs is 16. The zero-order valence-electron chi connectivity index (χ0n) is 39.3. The van der Waals surface area contributed by atoms with Crippen molar-refractivity contribution in [1.82, 2.24) is 9.97 Å². The average Bonchev–Trinajstić information content (AvgIpc) is 3.48. The van der Waals surface area contributed by atoms with Gasteiger partial charge in [0.25, 0.3) is 0 Å². The Morgan fingerprint density at radius 3 is 0.932 bits per heavy atom. The Morgan fingerprint density at radius 1 is 0.297 bits per heavy atom. The van der Waals surface area contributed by atoms with E-state index in [9.17, 15) is 10.5 Å². The lowest BCUT2D eigenvalue weighted by Gasteiger charge is -2.33. The summed E-state index contributed by atoms with van der Waals surface area (Å²) in [5.41, 5.74) is 14.2. The SMILES string of the molecule is N#Cc1ccc(-c2ccc3c(c2)c2cc(-c4ccc(C#N)cc4)ccc2c2nc4c5ccc(N6c7ccccc7Oc7ccccc76)cc5c5cc(N6c7ccccc7Oc7ccccc76)ccc5c4nc32)cc1. The predicted molar refractivity (Wildman–Crippen MR) is 297 cm³/mol. The van der Waals surface area contributed by atoms with E-state index in [-0.39, 0.29) is 0 Å². The van der Waals surface area contributed by atoms with Crippen LogP contribution in [0.3, 0.4) is 0 Å². The molecule has 342 valence electrons. The molecule has 0 saturated carbocycles. The van der Waals surface area contributed by atoms with E-state index in [0.717, 1.165) is 145 Å². The van der Waals surface area contributed by atoms with Crippen LogP contribution in [0.15, 0.2) is 218 Å². The number of rotatable bonds is 4. The van der Waals surface area contributed by atoms with Gasteiger partial charge in [0.05, 0.1) is 68.1 Å². The molecule has 0 bridgehead atoms. The summed E-state index contributed by atoms with van der Waals surface area (Å²) in [4.78, 5) is 16.1. The zero-order valence-corrected chi connectivity index (χ0v) is 39.3. The second-order valence-electron chi connectivity index (χ2n) is 18.7. The van der Waals surface area contributed by atoms with E-state index in [1.165, 1.54) is 0 Å². The molecular weight excluding hydrogens is 909 g/mol. The van der Waals surface area contributed by atoms with Crippen LogP contribution in [0.1, 0.15) is 11.1 Å². The highest BCUT2D eigenvalue weighted by Gasteiger charge is 2.29. The van der Waals surface area contributed by atoms with Crippen LogP contribution in [0.5, 0.6) is 23.0 Å². The number of anilines is 6. The van der Waals surface area contributed by atoms with Gasteiger partial charge in [-0.3, -0.25) is 0 Å². The van der Waals surface area contributed by atoms with E-state index < -0.39 is 0 Å². The third-order valence-electron chi connectivity index (χ3n) is 14.6. The van der Waals surface area contributed by atoms with Crippen molar-refractivity contribution in [3.63, 3.8) is 0 Å². The number of benzene rings is 12. The molecule has 12 aromatic carbocycles. The highest BCUT2D eigenvalue weighted by Crippen LogP contribution is 2.53. The van der Waals surface area contributed by atoms with E-state index in [2.05, 4.69) is 119 Å². The minimum atomic E-state index is 0.611. The summed E-state index contributed by atoms with van der Waals surface area (Å²) in [6.07, 6.45) is 0. The van der Waals surface area contributed by atoms with Crippen molar-refractivity contribution in [2.45, 2.75) is 0 Å². The normalized spacial score (nSPS) is 12.5. The van der Waals surface area contributed by atoms with E-state index >= 15 is 0 Å². The van der Waals surface area contributed by atoms with Gasteiger partial charge in [0.15, 0.2) is 23.0 Å². The monoisotopic (exact) mass is 944 g/mol. The number of hydrogen-bond acceptors (Lipinski definition) is 8. The van der Waals surface area contributed by atoms with Gasteiger partial charge in [-0.15, -0.1) is 0 Å². The second kappa shape index (κ2) is 16.0. The van der Waals surface area contributed by atoms with Gasteiger partial charge >= 0.3 is 0 Å². The molecule has 0 N–H and O–H groups in total. The molecule has 0 amide bonds. The van der Waals surface area contributed by atoms with Crippen LogP contribution in [0.25, 0.3) is 87.4 Å². The minimum Gasteiger partial charge on any atom is -0.453 e. The number of nitrogens with zero attached hydrogens (tertiary/aromatic N) is 6. The maximum absolute atomic E-state index is 9.59. The zero-order chi connectivity index (χ0) is 49.0. The van der Waals surface area contributed by atoms with Crippen LogP contribution in [0.2, 0.25) is 0 Å². The standard InChI is InChI=1S/C66H36N6O2/c67-37-39-17-21-41(22-18-39)43-25-29-47-51(33-43)52-34-44(42-23-19-40(38-68)20-24-42)26-30-48(52)64-63(47)69-65-49-31-27-45(71-55-9-1-5-13-59(55)73-60-14-6-2-10-56(60)71)35-53(49)54-36-46(28-32-50(54)66(65)70-64)72-57-11-3-7-15-61(57)74-62-16-8-4-12-58(62)72/h1-36H. The third kappa shape index (κ3) is 6.26. The molecule has 0 saturated heterocycles. The molecular formula is C66H36N6O2. The highest BCUT2D eigenvalue weighted by molar-refractivity contribution is 6.29. The molecule has 0 aliphatic carbocycles. The molecule has 0 unspecified atom stereocenters. The van der Waals surface area contributed by atoms with Crippen LogP contribution in [0, 0.1) is 22.7 Å². The van der Waals surface area contributed by atoms with Crippen molar-refractivity contribution in [3.8, 4) is 57.4 Å². The van der Waals surface area contributed by atoms with Crippen molar-refractivity contribution >= 4 is 99.3 Å². The molecule has 8 nitrogen and oxygen atoms in total. The Labute approximate surface area is 424 Å². The first-order valence-electron chi connectivity index (χ1n) is 24.4. The van der Waals surface area contributed by atoms with Gasteiger partial charge in [-0.1, -0.05) is 109 Å². The Morgan fingerprint density at radius 2 is 0.595 bits per heavy atom. The minimum absolute atomic E-state index is 0.611. The molecule has 0 atom stereocenters. The maximum atomic E-state index is 9.59. The molecule has 0 fully saturated rings. The second-order valence-corrected chi connectivity index (χ2v) is 18.7. The van der Waals surface area contributed by atoms with Crippen molar-refractivity contribution in [1.29, 1.82) is 10.5 Å². The van der Waals surface area contributed by atoms with Crippen LogP contribution in [-0.2, 0) is 0 Å². The number of nitriles is 2. The first-order chi connectivity index (χ1) is 36.6. The van der Waals surface area contributed by atoms with Gasteiger partial charge in [0.2, 0.25) is 0 Å². The van der Waals surface area contributed by atoms with E-state index in [4.69, 9.17) is 19.4 Å². The lowest BCUT2D eigenvalue weighted by molar-refractivity contribution is 0.477. The number of hydrogen-bond donors (Lipinski definition) is 0. The molecule has 15 rings (SSSR count). The Bertz CT molecular complexity index is 4260. The third-order valence-corrected chi connectivity index (χ3v) is 14.6. The summed E-state index contributed by atoms with van der Waals surface area (Å²) >= 11 is 0. The summed E-state index contributed by atoms with van der Waals surface area (Å²) in [6.45, 7) is 0. The van der Waals surface area contributed by atoms with Crippen LogP contribution < -0.4 is 19.3 Å². The lowest BCUT2D eigenvalue weighted by Crippen LogP contribution is -2.16. The Hall–Kier alpha value is -10.5. The number of ether oxygens (including phenoxy) is 2. The van der Waals surface area contributed by atoms with Crippen molar-refractivity contribution in [2.75, 3.05) is 9.80 Å². The quantitative estimate of drug-likeness (QED) is 0.127. The van der Waals surface area contributed by atoms with Gasteiger partial charge in [-0.05, 0) is 153 Å². The first-order valence-corrected chi connectivity index (χ1v) is 24.4. The first kappa shape index (κ1) is 41.3. The fraction of sp³-hybridized carbons (Fsp3) is 0. The largest absolute Gasteiger partial charge is 0.453 e. The van der Waals surface area contributed by atoms with Gasteiger partial charge in [-0.2, -0.15) is 10.5 Å². The maximum Gasteiger partial charge on any atom is 0.151 e. The summed E-state index contributed by atoms with van der Waals surface area (Å²) in [7, 11) is 0. The Balaban J connectivity index is 1.03. The molecule has 13 aromatic rings. The fourth-order valence-electron chi connectivity index (χ4n) is 11.1. The van der Waals surface area contributed by atoms with Crippen LogP contribution in [-0.4, -0.2) is 9.97 Å². The van der Waals surface area contributed by atoms with Gasteiger partial charge in [-0.25, -0.2) is 9.97 Å². The molecule has 74 heavy (non-hydrogen) atoms. The Kier molecular flexibility index (Phi) is 8.92. The number of para-hydroxylation sites is 8. The molecule has 0 spiro atoms. The van der Waals surface area contributed by atoms with E-state index in [1.54, 1.807) is 0 Å². The fourth-order valence-corrected chi connectivity index (χ4v) is 11.1. The van der Waals surface area contributed by atoms with E-state index in [1.807, 2.05) is 121 Å². The summed E-state index contributed by atoms with van der Waals surface area (Å²) < 4.78 is 12.9. The highest BCUT2D eigenvalue weighted by atomic mass is 16.5. The van der Waals surface area contributed by atoms with Gasteiger partial charge < -0.3 is 19.3 Å².